The fourth-order valence-electron chi connectivity index (χ4n) is 3.48. The van der Waals surface area contributed by atoms with Crippen LogP contribution in [0.4, 0.5) is 0 Å². The van der Waals surface area contributed by atoms with Gasteiger partial charge in [0.05, 0.1) is 31.2 Å². The fourth-order valence-corrected chi connectivity index (χ4v) is 4.56. The molecule has 0 N–H and O–H groups in total. The Morgan fingerprint density at radius 3 is 2.25 bits per heavy atom. The van der Waals surface area contributed by atoms with Crippen LogP contribution >= 0.6 is 11.8 Å². The molecule has 0 atom stereocenters. The van der Waals surface area contributed by atoms with Crippen molar-refractivity contribution in [3.8, 4) is 11.5 Å². The van der Waals surface area contributed by atoms with Crippen LogP contribution < -0.4 is 9.47 Å². The number of hydrogen-bond donors (Lipinski definition) is 0. The molecule has 2 heterocycles. The molecular weight excluding hydrogens is 424 g/mol. The van der Waals surface area contributed by atoms with Crippen LogP contribution in [0.3, 0.4) is 0 Å². The van der Waals surface area contributed by atoms with Crippen molar-refractivity contribution in [3.63, 3.8) is 0 Å². The Labute approximate surface area is 190 Å². The normalized spacial score (nSPS) is 13.6. The minimum absolute atomic E-state index is 0.187. The summed E-state index contributed by atoms with van der Waals surface area (Å²) in [6, 6.07) is 18.7. The van der Waals surface area contributed by atoms with E-state index in [0.29, 0.717) is 33.3 Å². The summed E-state index contributed by atoms with van der Waals surface area (Å²) >= 11 is 1.37. The number of nitrogens with zero attached hydrogens (tertiary/aromatic N) is 2. The van der Waals surface area contributed by atoms with Gasteiger partial charge in [0.25, 0.3) is 11.8 Å². The zero-order valence-corrected chi connectivity index (χ0v) is 18.6. The van der Waals surface area contributed by atoms with E-state index in [1.807, 2.05) is 30.3 Å². The maximum absolute atomic E-state index is 13.4. The molecule has 2 aromatic carbocycles. The summed E-state index contributed by atoms with van der Waals surface area (Å²) in [5, 5.41) is 0. The Morgan fingerprint density at radius 2 is 1.56 bits per heavy atom. The second-order valence-corrected chi connectivity index (χ2v) is 8.09. The van der Waals surface area contributed by atoms with Crippen LogP contribution in [0.25, 0.3) is 5.57 Å². The number of thioether (sulfide) groups is 1. The standard InChI is InChI=1S/C25H22N2O4S/c1-30-20-9-8-19(14-21(20)31-2)22-23(32-16-18-6-4-3-5-7-18)25(29)27(24(22)28)15-17-10-12-26-13-11-17/h3-14H,15-16H2,1-2H3. The van der Waals surface area contributed by atoms with Crippen molar-refractivity contribution >= 4 is 29.1 Å². The van der Waals surface area contributed by atoms with Crippen molar-refractivity contribution in [1.29, 1.82) is 0 Å². The van der Waals surface area contributed by atoms with Crippen molar-refractivity contribution in [2.75, 3.05) is 14.2 Å². The van der Waals surface area contributed by atoms with E-state index in [9.17, 15) is 9.59 Å². The van der Waals surface area contributed by atoms with E-state index in [1.54, 1.807) is 56.9 Å². The minimum Gasteiger partial charge on any atom is -0.493 e. The van der Waals surface area contributed by atoms with Crippen LogP contribution in [-0.2, 0) is 21.9 Å². The highest BCUT2D eigenvalue weighted by Gasteiger charge is 2.39. The molecule has 4 rings (SSSR count). The first-order chi connectivity index (χ1) is 15.6. The van der Waals surface area contributed by atoms with Crippen LogP contribution in [0.15, 0.2) is 78.0 Å². The summed E-state index contributed by atoms with van der Waals surface area (Å²) in [5.41, 5.74) is 2.91. The Bertz CT molecular complexity index is 1160. The van der Waals surface area contributed by atoms with Crippen LogP contribution in [-0.4, -0.2) is 35.9 Å². The number of rotatable bonds is 8. The molecule has 0 saturated carbocycles. The molecule has 0 aliphatic carbocycles. The zero-order valence-electron chi connectivity index (χ0n) is 17.8. The number of imide groups is 1. The van der Waals surface area contributed by atoms with Gasteiger partial charge in [-0.05, 0) is 41.0 Å². The van der Waals surface area contributed by atoms with E-state index >= 15 is 0 Å². The number of ether oxygens (including phenoxy) is 2. The topological polar surface area (TPSA) is 68.7 Å². The number of carbonyl (C=O) groups excluding carboxylic acids is 2. The second kappa shape index (κ2) is 9.70. The van der Waals surface area contributed by atoms with E-state index in [1.165, 1.54) is 16.7 Å². The average molecular weight is 447 g/mol. The first-order valence-corrected chi connectivity index (χ1v) is 11.0. The van der Waals surface area contributed by atoms with Gasteiger partial charge in [-0.1, -0.05) is 36.4 Å². The van der Waals surface area contributed by atoms with Gasteiger partial charge in [0, 0.05) is 18.1 Å². The van der Waals surface area contributed by atoms with Gasteiger partial charge in [-0.25, -0.2) is 0 Å². The first-order valence-electron chi connectivity index (χ1n) is 10.0. The molecule has 1 aliphatic heterocycles. The second-order valence-electron chi connectivity index (χ2n) is 7.10. The lowest BCUT2D eigenvalue weighted by atomic mass is 10.1. The summed E-state index contributed by atoms with van der Waals surface area (Å²) in [5.74, 6) is 1.01. The quantitative estimate of drug-likeness (QED) is 0.480. The lowest BCUT2D eigenvalue weighted by molar-refractivity contribution is -0.137. The summed E-state index contributed by atoms with van der Waals surface area (Å²) in [4.78, 5) is 32.5. The molecule has 0 bridgehead atoms. The molecule has 1 aliphatic rings. The lowest BCUT2D eigenvalue weighted by Crippen LogP contribution is -2.30. The highest BCUT2D eigenvalue weighted by atomic mass is 32.2. The monoisotopic (exact) mass is 446 g/mol. The Balaban J connectivity index is 1.72. The third kappa shape index (κ3) is 4.38. The minimum atomic E-state index is -0.324. The van der Waals surface area contributed by atoms with Gasteiger partial charge in [-0.15, -0.1) is 11.8 Å². The Morgan fingerprint density at radius 1 is 0.844 bits per heavy atom. The Hall–Kier alpha value is -3.58. The first kappa shape index (κ1) is 21.6. The molecule has 7 heteroatoms. The maximum Gasteiger partial charge on any atom is 0.268 e. The van der Waals surface area contributed by atoms with Gasteiger partial charge in [-0.3, -0.25) is 19.5 Å². The van der Waals surface area contributed by atoms with E-state index < -0.39 is 0 Å². The molecule has 3 aromatic rings. The number of carbonyl (C=O) groups is 2. The van der Waals surface area contributed by atoms with Crippen molar-refractivity contribution < 1.29 is 19.1 Å². The largest absolute Gasteiger partial charge is 0.493 e. The molecule has 162 valence electrons. The van der Waals surface area contributed by atoms with E-state index in [0.717, 1.165) is 11.1 Å². The van der Waals surface area contributed by atoms with Crippen molar-refractivity contribution in [2.24, 2.45) is 0 Å². The number of benzene rings is 2. The summed E-state index contributed by atoms with van der Waals surface area (Å²) in [7, 11) is 3.09. The number of aromatic nitrogens is 1. The third-order valence-electron chi connectivity index (χ3n) is 5.11. The molecule has 0 saturated heterocycles. The Kier molecular flexibility index (Phi) is 6.56. The van der Waals surface area contributed by atoms with Crippen LogP contribution in [0, 0.1) is 0 Å². The van der Waals surface area contributed by atoms with Gasteiger partial charge < -0.3 is 9.47 Å². The highest BCUT2D eigenvalue weighted by molar-refractivity contribution is 8.03. The number of amides is 2. The lowest BCUT2D eigenvalue weighted by Gasteiger charge is -2.15. The van der Waals surface area contributed by atoms with Crippen LogP contribution in [0.2, 0.25) is 0 Å². The number of hydrogen-bond acceptors (Lipinski definition) is 6. The maximum atomic E-state index is 13.4. The molecule has 32 heavy (non-hydrogen) atoms. The molecule has 6 nitrogen and oxygen atoms in total. The van der Waals surface area contributed by atoms with Gasteiger partial charge in [0.2, 0.25) is 0 Å². The van der Waals surface area contributed by atoms with E-state index in [-0.39, 0.29) is 18.4 Å². The van der Waals surface area contributed by atoms with Gasteiger partial charge in [-0.2, -0.15) is 0 Å². The smallest absolute Gasteiger partial charge is 0.268 e. The third-order valence-corrected chi connectivity index (χ3v) is 6.26. The average Bonchev–Trinajstić information content (AvgIpc) is 3.07. The van der Waals surface area contributed by atoms with Crippen molar-refractivity contribution in [2.45, 2.75) is 12.3 Å². The molecule has 0 unspecified atom stereocenters. The predicted molar refractivity (Wildman–Crippen MR) is 124 cm³/mol. The number of methoxy groups -OCH3 is 2. The molecule has 0 fully saturated rings. The zero-order chi connectivity index (χ0) is 22.5. The summed E-state index contributed by atoms with van der Waals surface area (Å²) in [6.45, 7) is 0.187. The van der Waals surface area contributed by atoms with Crippen LogP contribution in [0.5, 0.6) is 11.5 Å². The molecule has 0 spiro atoms. The van der Waals surface area contributed by atoms with Gasteiger partial charge >= 0.3 is 0 Å². The van der Waals surface area contributed by atoms with Gasteiger partial charge in [0.15, 0.2) is 11.5 Å². The van der Waals surface area contributed by atoms with E-state index in [4.69, 9.17) is 9.47 Å². The number of pyridine rings is 1. The van der Waals surface area contributed by atoms with Crippen molar-refractivity contribution in [3.05, 3.63) is 94.7 Å². The van der Waals surface area contributed by atoms with E-state index in [2.05, 4.69) is 4.98 Å². The summed E-state index contributed by atoms with van der Waals surface area (Å²) in [6.07, 6.45) is 3.29. The highest BCUT2D eigenvalue weighted by Crippen LogP contribution is 2.40. The molecule has 1 aromatic heterocycles. The van der Waals surface area contributed by atoms with Crippen LogP contribution in [0.1, 0.15) is 16.7 Å². The SMILES string of the molecule is COc1ccc(C2=C(SCc3ccccc3)C(=O)N(Cc3ccncc3)C2=O)cc1OC. The fraction of sp³-hybridized carbons (Fsp3) is 0.160. The van der Waals surface area contributed by atoms with Crippen molar-refractivity contribution in [1.82, 2.24) is 9.88 Å². The predicted octanol–water partition coefficient (Wildman–Crippen LogP) is 4.31. The molecule has 2 amide bonds. The molecular formula is C25H22N2O4S. The molecule has 0 radical (unpaired) electrons. The van der Waals surface area contributed by atoms with Gasteiger partial charge in [0.1, 0.15) is 0 Å². The summed E-state index contributed by atoms with van der Waals surface area (Å²) < 4.78 is 10.7.